The highest BCUT2D eigenvalue weighted by Crippen LogP contribution is 2.38. The largest absolute Gasteiger partial charge is 0.314 e. The quantitative estimate of drug-likeness (QED) is 0.583. The molecule has 0 heterocycles. The first kappa shape index (κ1) is 6.02. The lowest BCUT2D eigenvalue weighted by molar-refractivity contribution is 0.298. The lowest BCUT2D eigenvalue weighted by atomic mass is 10.4. The fourth-order valence-electron chi connectivity index (χ4n) is 0.661. The summed E-state index contributed by atoms with van der Waals surface area (Å²) in [6.07, 6.45) is 1.53. The highest BCUT2D eigenvalue weighted by Gasteiger charge is 2.42. The Morgan fingerprint density at radius 1 is 1.62 bits per heavy atom. The van der Waals surface area contributed by atoms with Gasteiger partial charge in [-0.2, -0.15) is 0 Å². The molecule has 1 aliphatic rings. The number of hydrogen-bond acceptors (Lipinski definition) is 1. The predicted octanol–water partition coefficient (Wildman–Crippen LogP) is 1.10. The van der Waals surface area contributed by atoms with Gasteiger partial charge in [-0.15, -0.1) is 0 Å². The molecule has 0 aromatic heterocycles. The van der Waals surface area contributed by atoms with Crippen LogP contribution in [0.3, 0.4) is 0 Å². The molecule has 0 amide bonds. The van der Waals surface area contributed by atoms with Crippen molar-refractivity contribution in [1.82, 2.24) is 5.32 Å². The monoisotopic (exact) mass is 117 g/mol. The van der Waals surface area contributed by atoms with Gasteiger partial charge in [0.1, 0.15) is 5.67 Å². The van der Waals surface area contributed by atoms with Crippen LogP contribution in [0.5, 0.6) is 0 Å². The van der Waals surface area contributed by atoms with Gasteiger partial charge in [0.15, 0.2) is 0 Å². The summed E-state index contributed by atoms with van der Waals surface area (Å²) in [5, 5.41) is 2.98. The minimum atomic E-state index is -0.810. The molecule has 0 atom stereocenters. The van der Waals surface area contributed by atoms with Crippen molar-refractivity contribution in [3.05, 3.63) is 0 Å². The van der Waals surface area contributed by atoms with Crippen LogP contribution in [0, 0.1) is 0 Å². The number of hydrogen-bond donors (Lipinski definition) is 1. The molecule has 2 heteroatoms. The summed E-state index contributed by atoms with van der Waals surface area (Å²) >= 11 is 0. The molecule has 8 heavy (non-hydrogen) atoms. The summed E-state index contributed by atoms with van der Waals surface area (Å²) in [6, 6.07) is 0. The average molecular weight is 117 g/mol. The first-order valence-electron chi connectivity index (χ1n) is 3.16. The van der Waals surface area contributed by atoms with Crippen molar-refractivity contribution >= 4 is 0 Å². The fourth-order valence-corrected chi connectivity index (χ4v) is 0.661. The van der Waals surface area contributed by atoms with Crippen molar-refractivity contribution in [2.24, 2.45) is 0 Å². The maximum Gasteiger partial charge on any atom is 0.123 e. The molecule has 1 saturated carbocycles. The average Bonchev–Trinajstić information content (AvgIpc) is 2.45. The molecule has 1 fully saturated rings. The Hall–Kier alpha value is -0.110. The standard InChI is InChI=1S/C6H12FN/c1-2-8-5-6(7)3-4-6/h8H,2-5H2,1H3. The molecular formula is C6H12FN. The van der Waals surface area contributed by atoms with E-state index in [1.54, 1.807) is 0 Å². The van der Waals surface area contributed by atoms with Gasteiger partial charge in [-0.3, -0.25) is 0 Å². The zero-order valence-electron chi connectivity index (χ0n) is 5.21. The second-order valence-electron chi connectivity index (χ2n) is 2.43. The van der Waals surface area contributed by atoms with Crippen molar-refractivity contribution in [3.63, 3.8) is 0 Å². The molecular weight excluding hydrogens is 105 g/mol. The van der Waals surface area contributed by atoms with Crippen LogP contribution in [0.1, 0.15) is 19.8 Å². The molecule has 0 spiro atoms. The predicted molar refractivity (Wildman–Crippen MR) is 31.6 cm³/mol. The lowest BCUT2D eigenvalue weighted by Crippen LogP contribution is -2.24. The van der Waals surface area contributed by atoms with E-state index in [1.165, 1.54) is 0 Å². The van der Waals surface area contributed by atoms with Gasteiger partial charge in [0.05, 0.1) is 0 Å². The molecule has 0 aromatic carbocycles. The lowest BCUT2D eigenvalue weighted by Gasteiger charge is -2.02. The summed E-state index contributed by atoms with van der Waals surface area (Å²) in [6.45, 7) is 3.43. The van der Waals surface area contributed by atoms with Gasteiger partial charge in [-0.1, -0.05) is 6.92 Å². The van der Waals surface area contributed by atoms with E-state index in [-0.39, 0.29) is 0 Å². The summed E-state index contributed by atoms with van der Waals surface area (Å²) in [7, 11) is 0. The Bertz CT molecular complexity index is 78.6. The Balaban J connectivity index is 2.01. The highest BCUT2D eigenvalue weighted by molar-refractivity contribution is 4.95. The van der Waals surface area contributed by atoms with Crippen molar-refractivity contribution in [2.75, 3.05) is 13.1 Å². The topological polar surface area (TPSA) is 12.0 Å². The first-order valence-corrected chi connectivity index (χ1v) is 3.16. The molecule has 1 aliphatic carbocycles. The number of alkyl halides is 1. The molecule has 1 rings (SSSR count). The molecule has 0 bridgehead atoms. The van der Waals surface area contributed by atoms with Crippen LogP contribution in [0.2, 0.25) is 0 Å². The van der Waals surface area contributed by atoms with E-state index in [4.69, 9.17) is 0 Å². The van der Waals surface area contributed by atoms with Gasteiger partial charge in [0.2, 0.25) is 0 Å². The van der Waals surface area contributed by atoms with Crippen LogP contribution in [0.15, 0.2) is 0 Å². The zero-order valence-corrected chi connectivity index (χ0v) is 5.21. The molecule has 0 saturated heterocycles. The van der Waals surface area contributed by atoms with Crippen LogP contribution in [-0.4, -0.2) is 18.8 Å². The van der Waals surface area contributed by atoms with E-state index in [0.29, 0.717) is 6.54 Å². The second-order valence-corrected chi connectivity index (χ2v) is 2.43. The van der Waals surface area contributed by atoms with E-state index < -0.39 is 5.67 Å². The SMILES string of the molecule is CCNCC1(F)CC1. The maximum absolute atomic E-state index is 12.6. The normalized spacial score (nSPS) is 23.2. The van der Waals surface area contributed by atoms with Crippen molar-refractivity contribution in [1.29, 1.82) is 0 Å². The fraction of sp³-hybridized carbons (Fsp3) is 1.00. The molecule has 1 nitrogen and oxygen atoms in total. The minimum Gasteiger partial charge on any atom is -0.314 e. The Labute approximate surface area is 49.3 Å². The summed E-state index contributed by atoms with van der Waals surface area (Å²) in [4.78, 5) is 0. The Kier molecular flexibility index (Phi) is 1.52. The summed E-state index contributed by atoms with van der Waals surface area (Å²) in [5.74, 6) is 0. The van der Waals surface area contributed by atoms with Crippen LogP contribution >= 0.6 is 0 Å². The van der Waals surface area contributed by atoms with Crippen molar-refractivity contribution in [3.8, 4) is 0 Å². The second kappa shape index (κ2) is 2.02. The van der Waals surface area contributed by atoms with E-state index in [2.05, 4.69) is 5.32 Å². The van der Waals surface area contributed by atoms with Gasteiger partial charge in [-0.05, 0) is 19.4 Å². The van der Waals surface area contributed by atoms with Crippen LogP contribution in [0.4, 0.5) is 4.39 Å². The molecule has 0 aliphatic heterocycles. The van der Waals surface area contributed by atoms with E-state index in [9.17, 15) is 4.39 Å². The van der Waals surface area contributed by atoms with Crippen LogP contribution in [-0.2, 0) is 0 Å². The van der Waals surface area contributed by atoms with E-state index in [1.807, 2.05) is 6.92 Å². The van der Waals surface area contributed by atoms with Gasteiger partial charge >= 0.3 is 0 Å². The minimum absolute atomic E-state index is 0.559. The summed E-state index contributed by atoms with van der Waals surface area (Å²) in [5.41, 5.74) is -0.810. The Morgan fingerprint density at radius 3 is 2.62 bits per heavy atom. The van der Waals surface area contributed by atoms with E-state index in [0.717, 1.165) is 19.4 Å². The summed E-state index contributed by atoms with van der Waals surface area (Å²) < 4.78 is 12.6. The zero-order chi connectivity index (χ0) is 6.04. The molecule has 1 N–H and O–H groups in total. The molecule has 0 radical (unpaired) electrons. The van der Waals surface area contributed by atoms with Gasteiger partial charge in [0, 0.05) is 6.54 Å². The Morgan fingerprint density at radius 2 is 2.25 bits per heavy atom. The highest BCUT2D eigenvalue weighted by atomic mass is 19.1. The van der Waals surface area contributed by atoms with E-state index >= 15 is 0 Å². The van der Waals surface area contributed by atoms with Crippen molar-refractivity contribution < 1.29 is 4.39 Å². The number of nitrogens with one attached hydrogen (secondary N) is 1. The van der Waals surface area contributed by atoms with Gasteiger partial charge in [-0.25, -0.2) is 4.39 Å². The smallest absolute Gasteiger partial charge is 0.123 e. The maximum atomic E-state index is 12.6. The number of rotatable bonds is 3. The molecule has 48 valence electrons. The molecule has 0 unspecified atom stereocenters. The van der Waals surface area contributed by atoms with Gasteiger partial charge in [0.25, 0.3) is 0 Å². The first-order chi connectivity index (χ1) is 3.77. The third-order valence-electron chi connectivity index (χ3n) is 1.48. The third-order valence-corrected chi connectivity index (χ3v) is 1.48. The third kappa shape index (κ3) is 1.44. The van der Waals surface area contributed by atoms with Crippen LogP contribution in [0.25, 0.3) is 0 Å². The van der Waals surface area contributed by atoms with Gasteiger partial charge < -0.3 is 5.32 Å². The van der Waals surface area contributed by atoms with Crippen LogP contribution < -0.4 is 5.32 Å². The number of halogens is 1. The van der Waals surface area contributed by atoms with Crippen molar-refractivity contribution in [2.45, 2.75) is 25.4 Å². The molecule has 0 aromatic rings.